The van der Waals surface area contributed by atoms with Crippen LogP contribution in [0.25, 0.3) is 0 Å². The summed E-state index contributed by atoms with van der Waals surface area (Å²) in [7, 11) is 0. The normalized spacial score (nSPS) is 10.2. The van der Waals surface area contributed by atoms with Crippen molar-refractivity contribution in [3.63, 3.8) is 0 Å². The highest BCUT2D eigenvalue weighted by Gasteiger charge is 2.08. The van der Waals surface area contributed by atoms with Gasteiger partial charge in [-0.1, -0.05) is 13.8 Å². The Balaban J connectivity index is 2.75. The third-order valence-electron chi connectivity index (χ3n) is 1.54. The Labute approximate surface area is 91.1 Å². The molecule has 1 aromatic heterocycles. The molecule has 0 aliphatic heterocycles. The quantitative estimate of drug-likeness (QED) is 0.670. The number of halogens is 1. The molecule has 3 nitrogen and oxygen atoms in total. The monoisotopic (exact) mass is 290 g/mol. The molecule has 1 rings (SSSR count). The number of aromatic nitrogens is 1. The first-order chi connectivity index (χ1) is 6.11. The molecule has 1 amide bonds. The van der Waals surface area contributed by atoms with Crippen LogP contribution in [0, 0.1) is 9.62 Å². The maximum absolute atomic E-state index is 11.3. The van der Waals surface area contributed by atoms with Crippen molar-refractivity contribution in [2.75, 3.05) is 5.32 Å². The van der Waals surface area contributed by atoms with Gasteiger partial charge in [-0.25, -0.2) is 4.98 Å². The van der Waals surface area contributed by atoms with Crippen molar-refractivity contribution < 1.29 is 4.79 Å². The van der Waals surface area contributed by atoms with Crippen LogP contribution >= 0.6 is 22.6 Å². The molecule has 13 heavy (non-hydrogen) atoms. The lowest BCUT2D eigenvalue weighted by Gasteiger charge is -2.07. The number of nitrogens with one attached hydrogen (secondary N) is 1. The minimum Gasteiger partial charge on any atom is -0.324 e. The van der Waals surface area contributed by atoms with Gasteiger partial charge in [-0.3, -0.25) is 4.79 Å². The topological polar surface area (TPSA) is 42.0 Å². The summed E-state index contributed by atoms with van der Waals surface area (Å²) in [4.78, 5) is 15.4. The lowest BCUT2D eigenvalue weighted by molar-refractivity contribution is -0.118. The molecular formula is C9H11IN2O. The van der Waals surface area contributed by atoms with Crippen LogP contribution < -0.4 is 5.32 Å². The van der Waals surface area contributed by atoms with Crippen molar-refractivity contribution in [2.24, 2.45) is 5.92 Å². The van der Waals surface area contributed by atoms with Crippen LogP contribution in [0.3, 0.4) is 0 Å². The summed E-state index contributed by atoms with van der Waals surface area (Å²) in [5, 5.41) is 2.80. The van der Waals surface area contributed by atoms with Gasteiger partial charge in [0.1, 0.15) is 3.70 Å². The lowest BCUT2D eigenvalue weighted by atomic mass is 10.2. The molecule has 0 aliphatic rings. The second-order valence-corrected chi connectivity index (χ2v) is 4.01. The van der Waals surface area contributed by atoms with E-state index < -0.39 is 0 Å². The van der Waals surface area contributed by atoms with E-state index in [0.29, 0.717) is 0 Å². The van der Waals surface area contributed by atoms with Crippen LogP contribution in [0.2, 0.25) is 0 Å². The zero-order chi connectivity index (χ0) is 9.84. The van der Waals surface area contributed by atoms with E-state index in [9.17, 15) is 4.79 Å². The Morgan fingerprint density at radius 3 is 2.85 bits per heavy atom. The van der Waals surface area contributed by atoms with Gasteiger partial charge in [0.15, 0.2) is 0 Å². The van der Waals surface area contributed by atoms with Crippen molar-refractivity contribution in [1.82, 2.24) is 4.98 Å². The summed E-state index contributed by atoms with van der Waals surface area (Å²) in [6.07, 6.45) is 1.70. The molecule has 4 heteroatoms. The van der Waals surface area contributed by atoms with Crippen molar-refractivity contribution in [1.29, 1.82) is 0 Å². The standard InChI is InChI=1S/C9H11IN2O/c1-6(2)9(13)12-7-4-3-5-11-8(7)10/h3-6H,1-2H3,(H,12,13). The van der Waals surface area contributed by atoms with E-state index >= 15 is 0 Å². The summed E-state index contributed by atoms with van der Waals surface area (Å²) < 4.78 is 0.814. The van der Waals surface area contributed by atoms with Gasteiger partial charge in [0.05, 0.1) is 5.69 Å². The number of amides is 1. The van der Waals surface area contributed by atoms with Gasteiger partial charge in [-0.05, 0) is 34.7 Å². The molecule has 0 unspecified atom stereocenters. The first kappa shape index (κ1) is 10.4. The molecule has 0 aliphatic carbocycles. The molecular weight excluding hydrogens is 279 g/mol. The molecule has 0 saturated heterocycles. The smallest absolute Gasteiger partial charge is 0.226 e. The molecule has 0 saturated carbocycles. The predicted molar refractivity (Wildman–Crippen MR) is 60.4 cm³/mol. The largest absolute Gasteiger partial charge is 0.324 e. The molecule has 1 N–H and O–H groups in total. The lowest BCUT2D eigenvalue weighted by Crippen LogP contribution is -2.18. The molecule has 1 aromatic rings. The highest BCUT2D eigenvalue weighted by molar-refractivity contribution is 14.1. The van der Waals surface area contributed by atoms with Gasteiger partial charge < -0.3 is 5.32 Å². The van der Waals surface area contributed by atoms with Crippen LogP contribution in [-0.4, -0.2) is 10.9 Å². The molecule has 0 spiro atoms. The van der Waals surface area contributed by atoms with Crippen LogP contribution in [0.4, 0.5) is 5.69 Å². The zero-order valence-electron chi connectivity index (χ0n) is 7.54. The molecule has 0 atom stereocenters. The fraction of sp³-hybridized carbons (Fsp3) is 0.333. The number of pyridine rings is 1. The van der Waals surface area contributed by atoms with E-state index in [0.717, 1.165) is 9.39 Å². The Kier molecular flexibility index (Phi) is 3.65. The van der Waals surface area contributed by atoms with Gasteiger partial charge in [-0.15, -0.1) is 0 Å². The van der Waals surface area contributed by atoms with Gasteiger partial charge >= 0.3 is 0 Å². The molecule has 0 radical (unpaired) electrons. The van der Waals surface area contributed by atoms with E-state index in [1.54, 1.807) is 12.3 Å². The van der Waals surface area contributed by atoms with E-state index in [2.05, 4.69) is 32.9 Å². The third kappa shape index (κ3) is 2.95. The maximum Gasteiger partial charge on any atom is 0.226 e. The Morgan fingerprint density at radius 1 is 1.62 bits per heavy atom. The number of hydrogen-bond donors (Lipinski definition) is 1. The van der Waals surface area contributed by atoms with Crippen LogP contribution in [0.5, 0.6) is 0 Å². The summed E-state index contributed by atoms with van der Waals surface area (Å²) in [6.45, 7) is 3.72. The number of rotatable bonds is 2. The van der Waals surface area contributed by atoms with Gasteiger partial charge in [0.2, 0.25) is 5.91 Å². The SMILES string of the molecule is CC(C)C(=O)Nc1cccnc1I. The summed E-state index contributed by atoms with van der Waals surface area (Å²) in [5.74, 6) is 0.0157. The summed E-state index contributed by atoms with van der Waals surface area (Å²) in [6, 6.07) is 3.65. The van der Waals surface area contributed by atoms with Crippen LogP contribution in [0.1, 0.15) is 13.8 Å². The fourth-order valence-electron chi connectivity index (χ4n) is 0.756. The third-order valence-corrected chi connectivity index (χ3v) is 2.40. The van der Waals surface area contributed by atoms with Crippen molar-refractivity contribution in [3.8, 4) is 0 Å². The van der Waals surface area contributed by atoms with Gasteiger partial charge in [-0.2, -0.15) is 0 Å². The van der Waals surface area contributed by atoms with Crippen LogP contribution in [-0.2, 0) is 4.79 Å². The van der Waals surface area contributed by atoms with E-state index in [4.69, 9.17) is 0 Å². The number of nitrogens with zero attached hydrogens (tertiary/aromatic N) is 1. The van der Waals surface area contributed by atoms with Crippen molar-refractivity contribution in [3.05, 3.63) is 22.0 Å². The molecule has 0 fully saturated rings. The second-order valence-electron chi connectivity index (χ2n) is 2.99. The molecule has 0 bridgehead atoms. The highest BCUT2D eigenvalue weighted by Crippen LogP contribution is 2.14. The number of carbonyl (C=O) groups is 1. The summed E-state index contributed by atoms with van der Waals surface area (Å²) >= 11 is 2.09. The number of carbonyl (C=O) groups excluding carboxylic acids is 1. The van der Waals surface area contributed by atoms with E-state index in [1.165, 1.54) is 0 Å². The number of anilines is 1. The maximum atomic E-state index is 11.3. The van der Waals surface area contributed by atoms with Crippen molar-refractivity contribution in [2.45, 2.75) is 13.8 Å². The first-order valence-corrected chi connectivity index (χ1v) is 5.10. The summed E-state index contributed by atoms with van der Waals surface area (Å²) in [5.41, 5.74) is 0.779. The Hall–Kier alpha value is -0.650. The van der Waals surface area contributed by atoms with E-state index in [1.807, 2.05) is 19.9 Å². The minimum atomic E-state index is -0.00370. The Bertz CT molecular complexity index is 312. The zero-order valence-corrected chi connectivity index (χ0v) is 9.70. The number of hydrogen-bond acceptors (Lipinski definition) is 2. The minimum absolute atomic E-state index is 0.00370. The van der Waals surface area contributed by atoms with E-state index in [-0.39, 0.29) is 11.8 Å². The first-order valence-electron chi connectivity index (χ1n) is 4.02. The van der Waals surface area contributed by atoms with Crippen molar-refractivity contribution >= 4 is 34.2 Å². The highest BCUT2D eigenvalue weighted by atomic mass is 127. The molecule has 70 valence electrons. The second kappa shape index (κ2) is 4.55. The fourth-order valence-corrected chi connectivity index (χ4v) is 1.23. The average Bonchev–Trinajstić information content (AvgIpc) is 2.08. The Morgan fingerprint density at radius 2 is 2.31 bits per heavy atom. The van der Waals surface area contributed by atoms with Gasteiger partial charge in [0.25, 0.3) is 0 Å². The molecule has 1 heterocycles. The molecule has 0 aromatic carbocycles. The van der Waals surface area contributed by atoms with Crippen LogP contribution in [0.15, 0.2) is 18.3 Å². The average molecular weight is 290 g/mol. The predicted octanol–water partition coefficient (Wildman–Crippen LogP) is 2.28. The van der Waals surface area contributed by atoms with Gasteiger partial charge in [0, 0.05) is 12.1 Å².